The van der Waals surface area contributed by atoms with Crippen LogP contribution < -0.4 is 15.0 Å². The average molecular weight is 400 g/mol. The van der Waals surface area contributed by atoms with E-state index in [-0.39, 0.29) is 41.8 Å². The number of amides is 1. The molecule has 1 aliphatic heterocycles. The summed E-state index contributed by atoms with van der Waals surface area (Å²) in [6.45, 7) is 6.77. The summed E-state index contributed by atoms with van der Waals surface area (Å²) in [5, 5.41) is 2.75. The zero-order valence-corrected chi connectivity index (χ0v) is 16.8. The summed E-state index contributed by atoms with van der Waals surface area (Å²) in [6.07, 6.45) is 0.342. The maximum Gasteiger partial charge on any atom is 0.262 e. The van der Waals surface area contributed by atoms with E-state index in [0.29, 0.717) is 5.69 Å². The molecule has 3 rings (SSSR count). The van der Waals surface area contributed by atoms with Gasteiger partial charge < -0.3 is 19.7 Å². The monoisotopic (exact) mass is 400 g/mol. The molecule has 1 aliphatic rings. The number of hydrogen-bond donors (Lipinski definition) is 1. The van der Waals surface area contributed by atoms with Crippen molar-refractivity contribution >= 4 is 23.1 Å². The van der Waals surface area contributed by atoms with E-state index in [0.717, 1.165) is 24.8 Å². The van der Waals surface area contributed by atoms with Gasteiger partial charge >= 0.3 is 0 Å². The van der Waals surface area contributed by atoms with Gasteiger partial charge in [-0.05, 0) is 57.2 Å². The number of morpholine rings is 1. The second-order valence-electron chi connectivity index (χ2n) is 7.24. The van der Waals surface area contributed by atoms with Gasteiger partial charge in [0.25, 0.3) is 5.91 Å². The van der Waals surface area contributed by atoms with Gasteiger partial charge in [0.05, 0.1) is 17.8 Å². The molecule has 2 unspecified atom stereocenters. The highest BCUT2D eigenvalue weighted by Crippen LogP contribution is 2.22. The molecule has 0 radical (unpaired) electrons. The fourth-order valence-electron chi connectivity index (χ4n) is 3.36. The minimum Gasteiger partial charge on any atom is -0.484 e. The van der Waals surface area contributed by atoms with E-state index < -0.39 is 5.82 Å². The first-order chi connectivity index (χ1) is 13.8. The molecule has 2 atom stereocenters. The molecule has 0 bridgehead atoms. The van der Waals surface area contributed by atoms with Crippen LogP contribution in [-0.2, 0) is 9.53 Å². The van der Waals surface area contributed by atoms with Crippen LogP contribution in [-0.4, -0.2) is 43.6 Å². The van der Waals surface area contributed by atoms with Crippen molar-refractivity contribution in [1.29, 1.82) is 0 Å². The molecule has 1 amide bonds. The van der Waals surface area contributed by atoms with Gasteiger partial charge in [-0.3, -0.25) is 9.59 Å². The quantitative estimate of drug-likeness (QED) is 0.750. The van der Waals surface area contributed by atoms with Crippen molar-refractivity contribution in [1.82, 2.24) is 0 Å². The number of nitrogens with one attached hydrogen (secondary N) is 1. The van der Waals surface area contributed by atoms with Crippen molar-refractivity contribution in [2.24, 2.45) is 0 Å². The van der Waals surface area contributed by atoms with Crippen LogP contribution in [0.5, 0.6) is 5.75 Å². The van der Waals surface area contributed by atoms with Crippen LogP contribution in [0.1, 0.15) is 31.1 Å². The summed E-state index contributed by atoms with van der Waals surface area (Å²) in [7, 11) is 0. The van der Waals surface area contributed by atoms with Gasteiger partial charge in [-0.25, -0.2) is 4.39 Å². The predicted octanol–water partition coefficient (Wildman–Crippen LogP) is 3.66. The number of carbonyl (C=O) groups excluding carboxylic acids is 2. The Morgan fingerprint density at radius 3 is 2.38 bits per heavy atom. The van der Waals surface area contributed by atoms with Gasteiger partial charge in [-0.1, -0.05) is 0 Å². The number of Topliss-reactive ketones (excluding diaryl/α,β-unsaturated/α-hetero) is 1. The number of carbonyl (C=O) groups is 2. The van der Waals surface area contributed by atoms with Gasteiger partial charge in [0.15, 0.2) is 12.4 Å². The molecule has 0 aromatic heterocycles. The number of anilines is 2. The van der Waals surface area contributed by atoms with Crippen molar-refractivity contribution in [3.8, 4) is 5.75 Å². The molecule has 0 saturated carbocycles. The summed E-state index contributed by atoms with van der Waals surface area (Å²) >= 11 is 0. The van der Waals surface area contributed by atoms with Crippen LogP contribution in [0.25, 0.3) is 0 Å². The normalized spacial score (nSPS) is 19.0. The van der Waals surface area contributed by atoms with E-state index in [4.69, 9.17) is 9.47 Å². The summed E-state index contributed by atoms with van der Waals surface area (Å²) < 4.78 is 24.9. The molecule has 1 N–H and O–H groups in total. The first kappa shape index (κ1) is 20.8. The molecule has 1 heterocycles. The highest BCUT2D eigenvalue weighted by atomic mass is 19.1. The molecule has 154 valence electrons. The van der Waals surface area contributed by atoms with E-state index in [1.807, 2.05) is 24.3 Å². The Bertz CT molecular complexity index is 875. The largest absolute Gasteiger partial charge is 0.484 e. The molecule has 0 aliphatic carbocycles. The lowest BCUT2D eigenvalue weighted by atomic mass is 10.1. The second kappa shape index (κ2) is 9.05. The zero-order chi connectivity index (χ0) is 21.0. The number of ketones is 1. The van der Waals surface area contributed by atoms with E-state index >= 15 is 0 Å². The lowest BCUT2D eigenvalue weighted by molar-refractivity contribution is -0.118. The molecule has 2 aromatic carbocycles. The highest BCUT2D eigenvalue weighted by molar-refractivity contribution is 5.94. The number of ether oxygens (including phenoxy) is 2. The van der Waals surface area contributed by atoms with Crippen LogP contribution >= 0.6 is 0 Å². The molecular weight excluding hydrogens is 375 g/mol. The fraction of sp³-hybridized carbons (Fsp3) is 0.364. The van der Waals surface area contributed by atoms with Crippen molar-refractivity contribution in [3.05, 3.63) is 53.8 Å². The molecule has 29 heavy (non-hydrogen) atoms. The van der Waals surface area contributed by atoms with Gasteiger partial charge in [-0.15, -0.1) is 0 Å². The standard InChI is InChI=1S/C22H25FN2O4/c1-14-11-25(12-15(2)29-14)18-6-4-17(5-7-18)24-22(27)13-28-19-8-9-20(16(3)26)21(23)10-19/h4-10,14-15H,11-13H2,1-3H3,(H,24,27). The third-order valence-corrected chi connectivity index (χ3v) is 4.63. The van der Waals surface area contributed by atoms with Crippen molar-refractivity contribution in [2.75, 3.05) is 29.9 Å². The van der Waals surface area contributed by atoms with Gasteiger partial charge in [0.1, 0.15) is 11.6 Å². The predicted molar refractivity (Wildman–Crippen MR) is 109 cm³/mol. The van der Waals surface area contributed by atoms with Crippen molar-refractivity contribution in [3.63, 3.8) is 0 Å². The topological polar surface area (TPSA) is 67.9 Å². The maximum atomic E-state index is 13.8. The minimum atomic E-state index is -0.669. The Morgan fingerprint density at radius 2 is 1.79 bits per heavy atom. The molecule has 1 fully saturated rings. The molecule has 0 spiro atoms. The van der Waals surface area contributed by atoms with Gasteiger partial charge in [-0.2, -0.15) is 0 Å². The molecule has 6 nitrogen and oxygen atoms in total. The Morgan fingerprint density at radius 1 is 1.14 bits per heavy atom. The Kier molecular flexibility index (Phi) is 6.49. The van der Waals surface area contributed by atoms with Crippen LogP contribution in [0.2, 0.25) is 0 Å². The van der Waals surface area contributed by atoms with E-state index in [2.05, 4.69) is 24.1 Å². The summed E-state index contributed by atoms with van der Waals surface area (Å²) in [5.41, 5.74) is 1.71. The number of hydrogen-bond acceptors (Lipinski definition) is 5. The summed E-state index contributed by atoms with van der Waals surface area (Å²) in [5.74, 6) is -1.20. The first-order valence-electron chi connectivity index (χ1n) is 9.55. The van der Waals surface area contributed by atoms with Gasteiger partial charge in [0.2, 0.25) is 0 Å². The van der Waals surface area contributed by atoms with Crippen molar-refractivity contribution in [2.45, 2.75) is 33.0 Å². The maximum absolute atomic E-state index is 13.8. The first-order valence-corrected chi connectivity index (χ1v) is 9.55. The molecular formula is C22H25FN2O4. The summed E-state index contributed by atoms with van der Waals surface area (Å²) in [4.78, 5) is 25.6. The number of nitrogens with zero attached hydrogens (tertiary/aromatic N) is 1. The lowest BCUT2D eigenvalue weighted by Gasteiger charge is -2.36. The van der Waals surface area contributed by atoms with Crippen molar-refractivity contribution < 1.29 is 23.5 Å². The SMILES string of the molecule is CC(=O)c1ccc(OCC(=O)Nc2ccc(N3CC(C)OC(C)C3)cc2)cc1F. The smallest absolute Gasteiger partial charge is 0.262 e. The zero-order valence-electron chi connectivity index (χ0n) is 16.8. The fourth-order valence-corrected chi connectivity index (χ4v) is 3.36. The third kappa shape index (κ3) is 5.54. The van der Waals surface area contributed by atoms with E-state index in [1.54, 1.807) is 0 Å². The van der Waals surface area contributed by atoms with Crippen LogP contribution in [0.15, 0.2) is 42.5 Å². The third-order valence-electron chi connectivity index (χ3n) is 4.63. The van der Waals surface area contributed by atoms with E-state index in [1.165, 1.54) is 19.1 Å². The van der Waals surface area contributed by atoms with Gasteiger partial charge in [0, 0.05) is 30.5 Å². The minimum absolute atomic E-state index is 0.00838. The number of rotatable bonds is 6. The van der Waals surface area contributed by atoms with Crippen LogP contribution in [0.3, 0.4) is 0 Å². The van der Waals surface area contributed by atoms with E-state index in [9.17, 15) is 14.0 Å². The Balaban J connectivity index is 1.53. The average Bonchev–Trinajstić information content (AvgIpc) is 2.66. The Hall–Kier alpha value is -2.93. The number of halogens is 1. The Labute approximate surface area is 169 Å². The van der Waals surface area contributed by atoms with Crippen LogP contribution in [0, 0.1) is 5.82 Å². The lowest BCUT2D eigenvalue weighted by Crippen LogP contribution is -2.45. The molecule has 7 heteroatoms. The summed E-state index contributed by atoms with van der Waals surface area (Å²) in [6, 6.07) is 11.5. The second-order valence-corrected chi connectivity index (χ2v) is 7.24. The number of benzene rings is 2. The highest BCUT2D eigenvalue weighted by Gasteiger charge is 2.22. The molecule has 1 saturated heterocycles. The van der Waals surface area contributed by atoms with Crippen LogP contribution in [0.4, 0.5) is 15.8 Å². The molecule has 2 aromatic rings.